The molecular weight excluding hydrogens is 236 g/mol. The molecule has 1 aromatic rings. The first-order chi connectivity index (χ1) is 9.22. The van der Waals surface area contributed by atoms with Gasteiger partial charge in [0.05, 0.1) is 12.7 Å². The topological polar surface area (TPSA) is 26.3 Å². The van der Waals surface area contributed by atoms with Crippen LogP contribution in [0.15, 0.2) is 36.6 Å². The number of unbranched alkanes of at least 4 members (excludes halogenated alkanes) is 3. The Morgan fingerprint density at radius 2 is 1.79 bits per heavy atom. The van der Waals surface area contributed by atoms with E-state index >= 15 is 0 Å². The molecule has 0 N–H and O–H groups in total. The van der Waals surface area contributed by atoms with Crippen LogP contribution in [0.1, 0.15) is 54.9 Å². The largest absolute Gasteiger partial charge is 0.465 e. The molecular formula is C17H22O2. The molecule has 0 aliphatic rings. The number of allylic oxidation sites excluding steroid dienone is 1. The normalized spacial score (nSPS) is 9.79. The Kier molecular flexibility index (Phi) is 6.70. The molecule has 0 saturated heterocycles. The fourth-order valence-corrected chi connectivity index (χ4v) is 1.99. The van der Waals surface area contributed by atoms with E-state index < -0.39 is 0 Å². The number of carbonyl (C=O) groups is 1. The average molecular weight is 258 g/mol. The summed E-state index contributed by atoms with van der Waals surface area (Å²) in [7, 11) is 1.39. The highest BCUT2D eigenvalue weighted by atomic mass is 16.5. The molecule has 0 unspecified atom stereocenters. The maximum Gasteiger partial charge on any atom is 0.337 e. The number of ether oxygens (including phenoxy) is 1. The Hall–Kier alpha value is -1.79. The van der Waals surface area contributed by atoms with E-state index in [9.17, 15) is 4.79 Å². The summed E-state index contributed by atoms with van der Waals surface area (Å²) in [5.41, 5.74) is 5.78. The van der Waals surface area contributed by atoms with Crippen molar-refractivity contribution in [2.24, 2.45) is 0 Å². The standard InChI is InChI=1S/C17H22O2/c1-4-6-7-8-9-14(5-2)15-10-12-16(13-11-15)17(18)19-3/h10-13H,2,4,6-9H2,1,3H3. The van der Waals surface area contributed by atoms with Gasteiger partial charge in [0, 0.05) is 5.57 Å². The number of carbonyl (C=O) groups excluding carboxylic acids is 1. The lowest BCUT2D eigenvalue weighted by atomic mass is 9.99. The van der Waals surface area contributed by atoms with E-state index in [4.69, 9.17) is 0 Å². The molecule has 0 saturated carbocycles. The van der Waals surface area contributed by atoms with Crippen LogP contribution in [-0.4, -0.2) is 13.1 Å². The monoisotopic (exact) mass is 258 g/mol. The van der Waals surface area contributed by atoms with Gasteiger partial charge in [0.15, 0.2) is 0 Å². The second-order valence-corrected chi connectivity index (χ2v) is 4.53. The van der Waals surface area contributed by atoms with Crippen LogP contribution in [0.2, 0.25) is 0 Å². The van der Waals surface area contributed by atoms with Crippen LogP contribution in [0.4, 0.5) is 0 Å². The van der Waals surface area contributed by atoms with Crippen LogP contribution in [0.25, 0.3) is 5.57 Å². The minimum Gasteiger partial charge on any atom is -0.465 e. The molecule has 0 atom stereocenters. The van der Waals surface area contributed by atoms with E-state index in [0.717, 1.165) is 24.0 Å². The third-order valence-electron chi connectivity index (χ3n) is 3.15. The highest BCUT2D eigenvalue weighted by molar-refractivity contribution is 5.89. The summed E-state index contributed by atoms with van der Waals surface area (Å²) >= 11 is 0. The van der Waals surface area contributed by atoms with Crippen molar-refractivity contribution < 1.29 is 9.53 Å². The van der Waals surface area contributed by atoms with Crippen LogP contribution in [0.3, 0.4) is 0 Å². The Labute approximate surface area is 115 Å². The zero-order valence-electron chi connectivity index (χ0n) is 11.9. The average Bonchev–Trinajstić information content (AvgIpc) is 2.47. The van der Waals surface area contributed by atoms with Gasteiger partial charge in [0.2, 0.25) is 0 Å². The maximum absolute atomic E-state index is 11.4. The third-order valence-corrected chi connectivity index (χ3v) is 3.15. The van der Waals surface area contributed by atoms with Crippen molar-refractivity contribution in [3.63, 3.8) is 0 Å². The van der Waals surface area contributed by atoms with Gasteiger partial charge in [-0.25, -0.2) is 4.79 Å². The predicted octanol–water partition coefficient (Wildman–Crippen LogP) is 4.61. The molecule has 19 heavy (non-hydrogen) atoms. The Morgan fingerprint density at radius 3 is 2.32 bits per heavy atom. The lowest BCUT2D eigenvalue weighted by Gasteiger charge is -2.06. The minimum atomic E-state index is -0.307. The Morgan fingerprint density at radius 1 is 1.16 bits per heavy atom. The highest BCUT2D eigenvalue weighted by Crippen LogP contribution is 2.21. The van der Waals surface area contributed by atoms with Crippen molar-refractivity contribution >= 4 is 11.5 Å². The van der Waals surface area contributed by atoms with Crippen molar-refractivity contribution in [1.29, 1.82) is 0 Å². The smallest absolute Gasteiger partial charge is 0.337 e. The first-order valence-electron chi connectivity index (χ1n) is 6.80. The minimum absolute atomic E-state index is 0.307. The summed E-state index contributed by atoms with van der Waals surface area (Å²) in [5, 5.41) is 0. The first kappa shape index (κ1) is 15.3. The molecule has 0 aromatic heterocycles. The van der Waals surface area contributed by atoms with E-state index in [1.54, 1.807) is 12.1 Å². The van der Waals surface area contributed by atoms with Crippen LogP contribution in [0, 0.1) is 0 Å². The maximum atomic E-state index is 11.4. The molecule has 0 aliphatic carbocycles. The van der Waals surface area contributed by atoms with Crippen LogP contribution in [0.5, 0.6) is 0 Å². The van der Waals surface area contributed by atoms with Gasteiger partial charge >= 0.3 is 5.97 Å². The molecule has 102 valence electrons. The van der Waals surface area contributed by atoms with Crippen molar-refractivity contribution in [3.8, 4) is 0 Å². The summed E-state index contributed by atoms with van der Waals surface area (Å²) in [6.07, 6.45) is 5.89. The quantitative estimate of drug-likeness (QED) is 0.405. The molecule has 0 spiro atoms. The van der Waals surface area contributed by atoms with Gasteiger partial charge < -0.3 is 4.74 Å². The molecule has 0 fully saturated rings. The van der Waals surface area contributed by atoms with Gasteiger partial charge in [-0.05, 0) is 30.5 Å². The van der Waals surface area contributed by atoms with Crippen LogP contribution < -0.4 is 0 Å². The van der Waals surface area contributed by atoms with E-state index in [-0.39, 0.29) is 5.97 Å². The second-order valence-electron chi connectivity index (χ2n) is 4.53. The number of methoxy groups -OCH3 is 1. The second kappa shape index (κ2) is 8.34. The fraction of sp³-hybridized carbons (Fsp3) is 0.412. The molecule has 1 aromatic carbocycles. The van der Waals surface area contributed by atoms with Gasteiger partial charge in [-0.3, -0.25) is 0 Å². The van der Waals surface area contributed by atoms with Crippen LogP contribution in [-0.2, 0) is 4.74 Å². The van der Waals surface area contributed by atoms with E-state index in [2.05, 4.69) is 24.0 Å². The lowest BCUT2D eigenvalue weighted by molar-refractivity contribution is 0.0600. The zero-order valence-corrected chi connectivity index (χ0v) is 11.9. The van der Waals surface area contributed by atoms with Crippen molar-refractivity contribution in [2.75, 3.05) is 7.11 Å². The van der Waals surface area contributed by atoms with E-state index in [1.165, 1.54) is 26.4 Å². The van der Waals surface area contributed by atoms with Gasteiger partial charge in [-0.15, -0.1) is 5.73 Å². The van der Waals surface area contributed by atoms with Gasteiger partial charge in [0.25, 0.3) is 0 Å². The molecule has 0 amide bonds. The number of hydrogen-bond donors (Lipinski definition) is 0. The van der Waals surface area contributed by atoms with Crippen LogP contribution >= 0.6 is 0 Å². The first-order valence-corrected chi connectivity index (χ1v) is 6.80. The highest BCUT2D eigenvalue weighted by Gasteiger charge is 2.06. The fourth-order valence-electron chi connectivity index (χ4n) is 1.99. The van der Waals surface area contributed by atoms with Gasteiger partial charge in [-0.1, -0.05) is 44.9 Å². The van der Waals surface area contributed by atoms with Gasteiger partial charge in [0.1, 0.15) is 0 Å². The number of esters is 1. The van der Waals surface area contributed by atoms with Gasteiger partial charge in [-0.2, -0.15) is 0 Å². The molecule has 0 radical (unpaired) electrons. The zero-order chi connectivity index (χ0) is 14.1. The Bertz CT molecular complexity index is 451. The summed E-state index contributed by atoms with van der Waals surface area (Å²) in [6, 6.07) is 7.42. The van der Waals surface area contributed by atoms with E-state index in [1.807, 2.05) is 12.1 Å². The third kappa shape index (κ3) is 4.76. The molecule has 2 heteroatoms. The summed E-state index contributed by atoms with van der Waals surface area (Å²) in [5.74, 6) is -0.307. The molecule has 0 bridgehead atoms. The van der Waals surface area contributed by atoms with E-state index in [0.29, 0.717) is 5.56 Å². The Balaban J connectivity index is 2.67. The van der Waals surface area contributed by atoms with Crippen molar-refractivity contribution in [2.45, 2.75) is 39.0 Å². The predicted molar refractivity (Wildman–Crippen MR) is 79.1 cm³/mol. The number of hydrogen-bond acceptors (Lipinski definition) is 2. The molecule has 2 nitrogen and oxygen atoms in total. The lowest BCUT2D eigenvalue weighted by Crippen LogP contribution is -2.00. The summed E-state index contributed by atoms with van der Waals surface area (Å²) in [4.78, 5) is 11.4. The number of rotatable bonds is 7. The number of benzene rings is 1. The summed E-state index contributed by atoms with van der Waals surface area (Å²) in [6.45, 7) is 5.96. The SMILES string of the molecule is C=C=C(CCCCCC)c1ccc(C(=O)OC)cc1. The molecule has 0 aliphatic heterocycles. The summed E-state index contributed by atoms with van der Waals surface area (Å²) < 4.78 is 4.68. The molecule has 1 rings (SSSR count). The molecule has 0 heterocycles. The van der Waals surface area contributed by atoms with Crippen molar-refractivity contribution in [3.05, 3.63) is 47.7 Å². The van der Waals surface area contributed by atoms with Crippen molar-refractivity contribution in [1.82, 2.24) is 0 Å².